The van der Waals surface area contributed by atoms with Gasteiger partial charge in [0.2, 0.25) is 0 Å². The van der Waals surface area contributed by atoms with Crippen LogP contribution in [-0.4, -0.2) is 63.3 Å². The molecule has 0 bridgehead atoms. The van der Waals surface area contributed by atoms with Crippen molar-refractivity contribution >= 4 is 11.9 Å². The van der Waals surface area contributed by atoms with Crippen molar-refractivity contribution in [2.45, 2.75) is 26.4 Å². The topological polar surface area (TPSA) is 88.3 Å². The Morgan fingerprint density at radius 2 is 1.97 bits per heavy atom. The number of ether oxygens (including phenoxy) is 2. The maximum atomic E-state index is 13.5. The fraction of sp³-hybridized carbons (Fsp3) is 0.478. The van der Waals surface area contributed by atoms with E-state index in [1.807, 2.05) is 19.1 Å². The number of morpholine rings is 1. The lowest BCUT2D eigenvalue weighted by Crippen LogP contribution is -2.46. The molecule has 3 rings (SSSR count). The fourth-order valence-corrected chi connectivity index (χ4v) is 3.66. The second-order valence-electron chi connectivity index (χ2n) is 7.47. The minimum Gasteiger partial charge on any atom is -0.465 e. The highest BCUT2D eigenvalue weighted by molar-refractivity contribution is 5.90. The highest BCUT2D eigenvalue weighted by Gasteiger charge is 2.23. The molecule has 1 aliphatic heterocycles. The summed E-state index contributed by atoms with van der Waals surface area (Å²) in [6, 6.07) is 8.31. The number of esters is 1. The summed E-state index contributed by atoms with van der Waals surface area (Å²) in [5.74, 6) is 1.02. The molecule has 1 aliphatic rings. The molecular weight excluding hydrogens is 415 g/mol. The van der Waals surface area contributed by atoms with Crippen molar-refractivity contribution in [3.05, 3.63) is 58.8 Å². The van der Waals surface area contributed by atoms with E-state index in [1.54, 1.807) is 13.0 Å². The maximum absolute atomic E-state index is 13.5. The monoisotopic (exact) mass is 446 g/mol. The normalized spacial score (nSPS) is 15.9. The number of nitrogens with zero attached hydrogens (tertiary/aromatic N) is 2. The number of furan rings is 1. The van der Waals surface area contributed by atoms with Gasteiger partial charge >= 0.3 is 5.97 Å². The van der Waals surface area contributed by atoms with Crippen LogP contribution in [0.4, 0.5) is 4.39 Å². The van der Waals surface area contributed by atoms with E-state index in [0.717, 1.165) is 18.7 Å². The first-order chi connectivity index (χ1) is 15.5. The smallest absolute Gasteiger partial charge is 0.341 e. The van der Waals surface area contributed by atoms with Gasteiger partial charge in [-0.05, 0) is 37.6 Å². The molecule has 1 saturated heterocycles. The summed E-state index contributed by atoms with van der Waals surface area (Å²) in [6.45, 7) is 8.21. The van der Waals surface area contributed by atoms with Crippen LogP contribution in [0.15, 0.2) is 39.7 Å². The number of guanidine groups is 1. The molecule has 9 heteroatoms. The van der Waals surface area contributed by atoms with Gasteiger partial charge in [0.1, 0.15) is 29.4 Å². The first-order valence-corrected chi connectivity index (χ1v) is 10.8. The number of carbonyl (C=O) groups excluding carboxylic acids is 1. The van der Waals surface area contributed by atoms with Gasteiger partial charge in [0.15, 0.2) is 5.96 Å². The van der Waals surface area contributed by atoms with E-state index in [4.69, 9.17) is 13.9 Å². The number of nitrogens with one attached hydrogen (secondary N) is 2. The van der Waals surface area contributed by atoms with Crippen molar-refractivity contribution in [2.24, 2.45) is 4.99 Å². The van der Waals surface area contributed by atoms with E-state index in [-0.39, 0.29) is 18.4 Å². The summed E-state index contributed by atoms with van der Waals surface area (Å²) >= 11 is 0. The Morgan fingerprint density at radius 1 is 1.25 bits per heavy atom. The van der Waals surface area contributed by atoms with E-state index < -0.39 is 5.97 Å². The van der Waals surface area contributed by atoms with Crippen LogP contribution < -0.4 is 10.6 Å². The fourth-order valence-electron chi connectivity index (χ4n) is 3.66. The highest BCUT2D eigenvalue weighted by Crippen LogP contribution is 2.22. The van der Waals surface area contributed by atoms with Crippen molar-refractivity contribution in [1.82, 2.24) is 15.5 Å². The third kappa shape index (κ3) is 6.30. The van der Waals surface area contributed by atoms with Crippen LogP contribution in [0.2, 0.25) is 0 Å². The molecule has 2 aromatic rings. The summed E-state index contributed by atoms with van der Waals surface area (Å²) in [4.78, 5) is 18.7. The van der Waals surface area contributed by atoms with Gasteiger partial charge in [-0.25, -0.2) is 14.2 Å². The van der Waals surface area contributed by atoms with Gasteiger partial charge in [-0.15, -0.1) is 0 Å². The van der Waals surface area contributed by atoms with E-state index in [9.17, 15) is 9.18 Å². The summed E-state index contributed by atoms with van der Waals surface area (Å²) in [5.41, 5.74) is 1.43. The van der Waals surface area contributed by atoms with Gasteiger partial charge in [0.25, 0.3) is 0 Å². The minimum atomic E-state index is -0.431. The van der Waals surface area contributed by atoms with Gasteiger partial charge in [-0.1, -0.05) is 12.1 Å². The molecule has 0 spiro atoms. The Balaban J connectivity index is 1.71. The van der Waals surface area contributed by atoms with Gasteiger partial charge < -0.3 is 24.5 Å². The molecule has 1 aromatic carbocycles. The summed E-state index contributed by atoms with van der Waals surface area (Å²) in [5, 5.41) is 6.62. The molecule has 0 aliphatic carbocycles. The molecular formula is C23H31FN4O4. The first kappa shape index (κ1) is 23.7. The molecule has 1 atom stereocenters. The lowest BCUT2D eigenvalue weighted by Gasteiger charge is -2.35. The van der Waals surface area contributed by atoms with Gasteiger partial charge in [0.05, 0.1) is 26.4 Å². The number of hydrogen-bond donors (Lipinski definition) is 2. The third-order valence-corrected chi connectivity index (χ3v) is 5.32. The van der Waals surface area contributed by atoms with Crippen molar-refractivity contribution < 1.29 is 23.1 Å². The zero-order valence-corrected chi connectivity index (χ0v) is 18.8. The Hall–Kier alpha value is -2.91. The number of methoxy groups -OCH3 is 1. The van der Waals surface area contributed by atoms with Crippen molar-refractivity contribution in [2.75, 3.05) is 46.5 Å². The van der Waals surface area contributed by atoms with E-state index >= 15 is 0 Å². The van der Waals surface area contributed by atoms with Crippen LogP contribution in [0.1, 0.15) is 40.4 Å². The first-order valence-electron chi connectivity index (χ1n) is 10.8. The predicted octanol–water partition coefficient (Wildman–Crippen LogP) is 2.64. The number of hydrogen-bond acceptors (Lipinski definition) is 6. The standard InChI is InChI=1S/C23H31FN4O4/c1-4-25-23(26-14-19-13-20(16(2)32-19)22(29)30-3)27-15-21(28-9-11-31-12-10-28)17-5-7-18(24)8-6-17/h5-8,13,21H,4,9-12,14-15H2,1-3H3,(H2,25,26,27). The zero-order chi connectivity index (χ0) is 22.9. The van der Waals surface area contributed by atoms with Crippen LogP contribution >= 0.6 is 0 Å². The zero-order valence-electron chi connectivity index (χ0n) is 18.8. The number of benzene rings is 1. The van der Waals surface area contributed by atoms with Crippen molar-refractivity contribution in [1.29, 1.82) is 0 Å². The Labute approximate surface area is 187 Å². The second kappa shape index (κ2) is 11.6. The Morgan fingerprint density at radius 3 is 2.62 bits per heavy atom. The number of halogens is 1. The molecule has 8 nitrogen and oxygen atoms in total. The number of carbonyl (C=O) groups is 1. The Bertz CT molecular complexity index is 907. The molecule has 174 valence electrons. The molecule has 2 N–H and O–H groups in total. The lowest BCUT2D eigenvalue weighted by molar-refractivity contribution is 0.0170. The molecule has 0 saturated carbocycles. The summed E-state index contributed by atoms with van der Waals surface area (Å²) in [6.07, 6.45) is 0. The van der Waals surface area contributed by atoms with E-state index in [1.165, 1.54) is 19.2 Å². The van der Waals surface area contributed by atoms with Crippen LogP contribution in [-0.2, 0) is 16.0 Å². The SMILES string of the molecule is CCNC(=NCc1cc(C(=O)OC)c(C)o1)NCC(c1ccc(F)cc1)N1CCOCC1. The number of rotatable bonds is 8. The van der Waals surface area contributed by atoms with Crippen LogP contribution in [0.3, 0.4) is 0 Å². The molecule has 0 radical (unpaired) electrons. The van der Waals surface area contributed by atoms with Crippen LogP contribution in [0.25, 0.3) is 0 Å². The summed E-state index contributed by atoms with van der Waals surface area (Å²) < 4.78 is 29.4. The average Bonchev–Trinajstić information content (AvgIpc) is 3.19. The summed E-state index contributed by atoms with van der Waals surface area (Å²) in [7, 11) is 1.34. The molecule has 1 aromatic heterocycles. The van der Waals surface area contributed by atoms with Crippen LogP contribution in [0, 0.1) is 12.7 Å². The van der Waals surface area contributed by atoms with E-state index in [2.05, 4.69) is 20.5 Å². The average molecular weight is 447 g/mol. The highest BCUT2D eigenvalue weighted by atomic mass is 19.1. The minimum absolute atomic E-state index is 0.0418. The Kier molecular flexibility index (Phi) is 8.64. The molecule has 0 amide bonds. The molecule has 2 heterocycles. The molecule has 32 heavy (non-hydrogen) atoms. The van der Waals surface area contributed by atoms with Gasteiger partial charge in [0, 0.05) is 26.2 Å². The van der Waals surface area contributed by atoms with Gasteiger partial charge in [-0.2, -0.15) is 0 Å². The van der Waals surface area contributed by atoms with Crippen molar-refractivity contribution in [3.63, 3.8) is 0 Å². The van der Waals surface area contributed by atoms with E-state index in [0.29, 0.717) is 49.3 Å². The maximum Gasteiger partial charge on any atom is 0.341 e. The number of aliphatic imine (C=N–C) groups is 1. The predicted molar refractivity (Wildman–Crippen MR) is 119 cm³/mol. The molecule has 1 fully saturated rings. The lowest BCUT2D eigenvalue weighted by atomic mass is 10.0. The largest absolute Gasteiger partial charge is 0.465 e. The van der Waals surface area contributed by atoms with Gasteiger partial charge in [-0.3, -0.25) is 4.90 Å². The van der Waals surface area contributed by atoms with Crippen molar-refractivity contribution in [3.8, 4) is 0 Å². The number of aryl methyl sites for hydroxylation is 1. The van der Waals surface area contributed by atoms with Crippen LogP contribution in [0.5, 0.6) is 0 Å². The quantitative estimate of drug-likeness (QED) is 0.366. The molecule has 1 unspecified atom stereocenters. The second-order valence-corrected chi connectivity index (χ2v) is 7.47. The third-order valence-electron chi connectivity index (χ3n) is 5.32.